The molecule has 0 unspecified atom stereocenters. The van der Waals surface area contributed by atoms with Crippen molar-refractivity contribution < 1.29 is 38.3 Å². The van der Waals surface area contributed by atoms with Crippen molar-refractivity contribution >= 4 is 30.0 Å². The molecule has 2 aromatic carbocycles. The van der Waals surface area contributed by atoms with E-state index >= 15 is 0 Å². The molecule has 1 aliphatic rings. The number of benzene rings is 2. The van der Waals surface area contributed by atoms with Gasteiger partial charge in [-0.3, -0.25) is 9.59 Å². The van der Waals surface area contributed by atoms with Gasteiger partial charge in [-0.2, -0.15) is 0 Å². The molecule has 4 amide bonds. The van der Waals surface area contributed by atoms with Crippen molar-refractivity contribution in [3.8, 4) is 0 Å². The van der Waals surface area contributed by atoms with Crippen LogP contribution in [0, 0.1) is 5.92 Å². The zero-order valence-electron chi connectivity index (χ0n) is 21.6. The number of nitrogens with one attached hydrogen (secondary N) is 2. The summed E-state index contributed by atoms with van der Waals surface area (Å²) >= 11 is 0. The van der Waals surface area contributed by atoms with Gasteiger partial charge in [0.15, 0.2) is 0 Å². The lowest BCUT2D eigenvalue weighted by Gasteiger charge is -2.19. The van der Waals surface area contributed by atoms with Gasteiger partial charge in [0.05, 0.1) is 5.92 Å². The number of hydroxylamine groups is 2. The van der Waals surface area contributed by atoms with Crippen molar-refractivity contribution in [2.24, 2.45) is 5.92 Å². The summed E-state index contributed by atoms with van der Waals surface area (Å²) in [5, 5.41) is 5.80. The van der Waals surface area contributed by atoms with Crippen LogP contribution in [0.25, 0.3) is 0 Å². The molecule has 11 nitrogen and oxygen atoms in total. The fourth-order valence-corrected chi connectivity index (χ4v) is 3.83. The Kier molecular flexibility index (Phi) is 11.8. The zero-order chi connectivity index (χ0) is 27.9. The fourth-order valence-electron chi connectivity index (χ4n) is 3.83. The van der Waals surface area contributed by atoms with Crippen LogP contribution < -0.4 is 10.6 Å². The SMILES string of the molecule is O=C(NCCCC(CCCNC(=O)OCc1ccccc1)C(=O)ON1C(=O)CCC1=O)OCc1ccccc1. The summed E-state index contributed by atoms with van der Waals surface area (Å²) in [6.07, 6.45) is 0.345. The molecule has 0 saturated carbocycles. The van der Waals surface area contributed by atoms with Crippen LogP contribution in [0.1, 0.15) is 49.7 Å². The number of carbonyl (C=O) groups is 5. The van der Waals surface area contributed by atoms with Gasteiger partial charge in [-0.15, -0.1) is 5.06 Å². The maximum atomic E-state index is 12.8. The van der Waals surface area contributed by atoms with E-state index in [1.807, 2.05) is 60.7 Å². The summed E-state index contributed by atoms with van der Waals surface area (Å²) in [6, 6.07) is 18.5. The molecule has 0 aliphatic carbocycles. The first-order valence-corrected chi connectivity index (χ1v) is 12.9. The monoisotopic (exact) mass is 539 g/mol. The van der Waals surface area contributed by atoms with Crippen LogP contribution in [0.3, 0.4) is 0 Å². The maximum Gasteiger partial charge on any atom is 0.407 e. The molecule has 0 aromatic heterocycles. The molecule has 2 aromatic rings. The second-order valence-corrected chi connectivity index (χ2v) is 8.95. The molecule has 1 heterocycles. The number of imide groups is 1. The molecule has 1 saturated heterocycles. The average Bonchev–Trinajstić information content (AvgIpc) is 3.27. The van der Waals surface area contributed by atoms with Gasteiger partial charge in [0.2, 0.25) is 0 Å². The molecule has 1 fully saturated rings. The molecular formula is C28H33N3O8. The third-order valence-corrected chi connectivity index (χ3v) is 5.94. The Balaban J connectivity index is 1.40. The lowest BCUT2D eigenvalue weighted by atomic mass is 9.97. The van der Waals surface area contributed by atoms with Gasteiger partial charge in [-0.05, 0) is 36.8 Å². The molecule has 0 bridgehead atoms. The number of hydrogen-bond acceptors (Lipinski definition) is 8. The lowest BCUT2D eigenvalue weighted by molar-refractivity contribution is -0.201. The number of alkyl carbamates (subject to hydrolysis) is 2. The van der Waals surface area contributed by atoms with Crippen LogP contribution in [0.4, 0.5) is 9.59 Å². The molecular weight excluding hydrogens is 506 g/mol. The van der Waals surface area contributed by atoms with E-state index in [2.05, 4.69) is 10.6 Å². The number of ether oxygens (including phenoxy) is 2. The highest BCUT2D eigenvalue weighted by atomic mass is 16.7. The second kappa shape index (κ2) is 15.8. The number of amides is 4. The molecule has 0 spiro atoms. The van der Waals surface area contributed by atoms with Crippen molar-refractivity contribution in [2.45, 2.75) is 51.7 Å². The van der Waals surface area contributed by atoms with Crippen molar-refractivity contribution in [3.63, 3.8) is 0 Å². The Morgan fingerprint density at radius 1 is 0.718 bits per heavy atom. The summed E-state index contributed by atoms with van der Waals surface area (Å²) in [7, 11) is 0. The Labute approximate surface area is 226 Å². The molecule has 1 aliphatic heterocycles. The Hall–Kier alpha value is -4.41. The second-order valence-electron chi connectivity index (χ2n) is 8.95. The lowest BCUT2D eigenvalue weighted by Crippen LogP contribution is -2.35. The largest absolute Gasteiger partial charge is 0.445 e. The number of hydrogen-bond donors (Lipinski definition) is 2. The van der Waals surface area contributed by atoms with Crippen LogP contribution in [0.5, 0.6) is 0 Å². The average molecular weight is 540 g/mol. The topological polar surface area (TPSA) is 140 Å². The van der Waals surface area contributed by atoms with E-state index in [1.165, 1.54) is 0 Å². The Morgan fingerprint density at radius 2 is 1.15 bits per heavy atom. The Morgan fingerprint density at radius 3 is 1.59 bits per heavy atom. The smallest absolute Gasteiger partial charge is 0.407 e. The first-order chi connectivity index (χ1) is 18.9. The molecule has 0 radical (unpaired) electrons. The van der Waals surface area contributed by atoms with Crippen LogP contribution in [-0.4, -0.2) is 48.1 Å². The number of rotatable bonds is 14. The minimum Gasteiger partial charge on any atom is -0.445 e. The maximum absolute atomic E-state index is 12.8. The molecule has 39 heavy (non-hydrogen) atoms. The van der Waals surface area contributed by atoms with E-state index < -0.39 is 35.9 Å². The highest BCUT2D eigenvalue weighted by Crippen LogP contribution is 2.19. The minimum absolute atomic E-state index is 0.000800. The first kappa shape index (κ1) is 29.2. The molecule has 3 rings (SSSR count). The van der Waals surface area contributed by atoms with Gasteiger partial charge in [-0.25, -0.2) is 14.4 Å². The summed E-state index contributed by atoms with van der Waals surface area (Å²) in [6.45, 7) is 0.784. The third kappa shape index (κ3) is 10.5. The van der Waals surface area contributed by atoms with E-state index in [-0.39, 0.29) is 39.1 Å². The summed E-state index contributed by atoms with van der Waals surface area (Å²) in [5.41, 5.74) is 1.72. The predicted molar refractivity (Wildman–Crippen MR) is 138 cm³/mol. The molecule has 208 valence electrons. The number of carbonyl (C=O) groups excluding carboxylic acids is 5. The van der Waals surface area contributed by atoms with Gasteiger partial charge >= 0.3 is 18.2 Å². The highest BCUT2D eigenvalue weighted by Gasteiger charge is 2.34. The van der Waals surface area contributed by atoms with Crippen molar-refractivity contribution in [1.29, 1.82) is 0 Å². The van der Waals surface area contributed by atoms with Crippen molar-refractivity contribution in [2.75, 3.05) is 13.1 Å². The van der Waals surface area contributed by atoms with Gasteiger partial charge in [0, 0.05) is 25.9 Å². The minimum atomic E-state index is -0.711. The summed E-state index contributed by atoms with van der Waals surface area (Å²) < 4.78 is 10.3. The van der Waals surface area contributed by atoms with Gasteiger partial charge in [0.1, 0.15) is 13.2 Å². The Bertz CT molecular complexity index is 1030. The third-order valence-electron chi connectivity index (χ3n) is 5.94. The predicted octanol–water partition coefficient (Wildman–Crippen LogP) is 3.62. The molecule has 11 heteroatoms. The normalized spacial score (nSPS) is 12.8. The van der Waals surface area contributed by atoms with E-state index in [1.54, 1.807) is 0 Å². The van der Waals surface area contributed by atoms with E-state index in [0.717, 1.165) is 11.1 Å². The van der Waals surface area contributed by atoms with E-state index in [0.29, 0.717) is 30.7 Å². The highest BCUT2D eigenvalue weighted by molar-refractivity contribution is 6.01. The van der Waals surface area contributed by atoms with Gasteiger partial charge < -0.3 is 24.9 Å². The van der Waals surface area contributed by atoms with Gasteiger partial charge in [-0.1, -0.05) is 60.7 Å². The summed E-state index contributed by atoms with van der Waals surface area (Å²) in [4.78, 5) is 65.5. The standard InChI is InChI=1S/C28H33N3O8/c32-24-15-16-25(33)31(24)39-26(34)23(13-7-17-29-27(35)37-19-21-9-3-1-4-10-21)14-8-18-30-28(36)38-20-22-11-5-2-6-12-22/h1-6,9-12,23H,7-8,13-20H2,(H,29,35)(H,30,36). The van der Waals surface area contributed by atoms with Crippen molar-refractivity contribution in [1.82, 2.24) is 15.7 Å². The molecule has 2 N–H and O–H groups in total. The summed E-state index contributed by atoms with van der Waals surface area (Å²) in [5.74, 6) is -2.48. The first-order valence-electron chi connectivity index (χ1n) is 12.9. The number of nitrogens with zero attached hydrogens (tertiary/aromatic N) is 1. The van der Waals surface area contributed by atoms with Gasteiger partial charge in [0.25, 0.3) is 11.8 Å². The van der Waals surface area contributed by atoms with E-state index in [9.17, 15) is 24.0 Å². The quantitative estimate of drug-likeness (QED) is 0.274. The van der Waals surface area contributed by atoms with Crippen LogP contribution in [-0.2, 0) is 41.9 Å². The van der Waals surface area contributed by atoms with Crippen molar-refractivity contribution in [3.05, 3.63) is 71.8 Å². The fraction of sp³-hybridized carbons (Fsp3) is 0.393. The van der Waals surface area contributed by atoms with Crippen LogP contribution in [0.2, 0.25) is 0 Å². The molecule has 0 atom stereocenters. The van der Waals surface area contributed by atoms with Crippen LogP contribution >= 0.6 is 0 Å². The van der Waals surface area contributed by atoms with Crippen LogP contribution in [0.15, 0.2) is 60.7 Å². The zero-order valence-corrected chi connectivity index (χ0v) is 21.6. The van der Waals surface area contributed by atoms with E-state index in [4.69, 9.17) is 14.3 Å².